The summed E-state index contributed by atoms with van der Waals surface area (Å²) in [5.74, 6) is -1.04. The molecule has 2 unspecified atom stereocenters. The quantitative estimate of drug-likeness (QED) is 0.886. The van der Waals surface area contributed by atoms with Gasteiger partial charge in [0.2, 0.25) is 5.91 Å². The lowest BCUT2D eigenvalue weighted by Gasteiger charge is -2.42. The Labute approximate surface area is 118 Å². The van der Waals surface area contributed by atoms with Gasteiger partial charge in [0, 0.05) is 31.4 Å². The Morgan fingerprint density at radius 3 is 2.45 bits per heavy atom. The fourth-order valence-corrected chi connectivity index (χ4v) is 2.60. The van der Waals surface area contributed by atoms with E-state index in [-0.39, 0.29) is 18.1 Å². The predicted octanol–water partition coefficient (Wildman–Crippen LogP) is 0.737. The Morgan fingerprint density at radius 2 is 1.90 bits per heavy atom. The highest BCUT2D eigenvalue weighted by Crippen LogP contribution is 2.14. The molecule has 0 aromatic carbocycles. The van der Waals surface area contributed by atoms with E-state index in [1.54, 1.807) is 12.3 Å². The zero-order valence-corrected chi connectivity index (χ0v) is 12.1. The Morgan fingerprint density at radius 1 is 1.30 bits per heavy atom. The van der Waals surface area contributed by atoms with E-state index in [0.29, 0.717) is 25.2 Å². The second kappa shape index (κ2) is 5.66. The van der Waals surface area contributed by atoms with E-state index in [9.17, 15) is 9.59 Å². The standard InChI is InChI=1S/C14H21N3O3/c1-10-7-17(8-11(2)15(10)3)13(18)9-16-6-4-5-12(16)14(19)20/h4-6,10-11H,7-9H2,1-3H3,(H,19,20). The van der Waals surface area contributed by atoms with Gasteiger partial charge in [0.1, 0.15) is 12.2 Å². The molecule has 6 nitrogen and oxygen atoms in total. The average Bonchev–Trinajstić information content (AvgIpc) is 2.83. The van der Waals surface area contributed by atoms with E-state index in [2.05, 4.69) is 25.8 Å². The Kier molecular flexibility index (Phi) is 4.13. The Balaban J connectivity index is 2.05. The van der Waals surface area contributed by atoms with Gasteiger partial charge in [0.15, 0.2) is 0 Å². The minimum atomic E-state index is -1.01. The number of nitrogens with zero attached hydrogens (tertiary/aromatic N) is 3. The molecule has 1 saturated heterocycles. The third-order valence-electron chi connectivity index (χ3n) is 4.07. The van der Waals surface area contributed by atoms with Crippen molar-refractivity contribution in [3.05, 3.63) is 24.0 Å². The summed E-state index contributed by atoms with van der Waals surface area (Å²) >= 11 is 0. The van der Waals surface area contributed by atoms with E-state index >= 15 is 0 Å². The van der Waals surface area contributed by atoms with Gasteiger partial charge in [-0.2, -0.15) is 0 Å². The Hall–Kier alpha value is -1.82. The molecule has 0 radical (unpaired) electrons. The maximum atomic E-state index is 12.3. The molecule has 110 valence electrons. The molecule has 1 aliphatic heterocycles. The molecule has 1 fully saturated rings. The van der Waals surface area contributed by atoms with Crippen molar-refractivity contribution in [3.8, 4) is 0 Å². The van der Waals surface area contributed by atoms with Crippen LogP contribution in [0.5, 0.6) is 0 Å². The number of carboxylic acids is 1. The predicted molar refractivity (Wildman–Crippen MR) is 74.7 cm³/mol. The molecule has 1 aliphatic rings. The molecular weight excluding hydrogens is 258 g/mol. The summed E-state index contributed by atoms with van der Waals surface area (Å²) in [5, 5.41) is 9.04. The number of rotatable bonds is 3. The number of likely N-dealkylation sites (N-methyl/N-ethyl adjacent to an activating group) is 1. The number of carbonyl (C=O) groups is 2. The van der Waals surface area contributed by atoms with Gasteiger partial charge in [0.25, 0.3) is 0 Å². The highest BCUT2D eigenvalue weighted by molar-refractivity contribution is 5.87. The SMILES string of the molecule is CC1CN(C(=O)Cn2cccc2C(=O)O)CC(C)N1C. The third-order valence-corrected chi connectivity index (χ3v) is 4.07. The van der Waals surface area contributed by atoms with Gasteiger partial charge in [0.05, 0.1) is 0 Å². The molecule has 0 spiro atoms. The van der Waals surface area contributed by atoms with Gasteiger partial charge in [-0.1, -0.05) is 0 Å². The fourth-order valence-electron chi connectivity index (χ4n) is 2.60. The normalized spacial score (nSPS) is 23.9. The van der Waals surface area contributed by atoms with E-state index in [1.165, 1.54) is 10.6 Å². The molecule has 0 aliphatic carbocycles. The number of amides is 1. The van der Waals surface area contributed by atoms with Gasteiger partial charge in [-0.15, -0.1) is 0 Å². The van der Waals surface area contributed by atoms with Gasteiger partial charge in [-0.05, 0) is 33.0 Å². The van der Waals surface area contributed by atoms with Crippen LogP contribution in [-0.2, 0) is 11.3 Å². The van der Waals surface area contributed by atoms with E-state index in [4.69, 9.17) is 5.11 Å². The molecule has 2 heterocycles. The zero-order chi connectivity index (χ0) is 14.9. The molecule has 6 heteroatoms. The minimum Gasteiger partial charge on any atom is -0.477 e. The van der Waals surface area contributed by atoms with E-state index < -0.39 is 5.97 Å². The first-order chi connectivity index (χ1) is 9.40. The van der Waals surface area contributed by atoms with Crippen LogP contribution in [0.1, 0.15) is 24.3 Å². The minimum absolute atomic E-state index is 0.0319. The maximum Gasteiger partial charge on any atom is 0.352 e. The van der Waals surface area contributed by atoms with Crippen molar-refractivity contribution in [2.75, 3.05) is 20.1 Å². The number of hydrogen-bond acceptors (Lipinski definition) is 3. The van der Waals surface area contributed by atoms with Crippen molar-refractivity contribution in [1.29, 1.82) is 0 Å². The topological polar surface area (TPSA) is 65.8 Å². The van der Waals surface area contributed by atoms with Crippen molar-refractivity contribution < 1.29 is 14.7 Å². The number of piperazine rings is 1. The van der Waals surface area contributed by atoms with Crippen LogP contribution < -0.4 is 0 Å². The lowest BCUT2D eigenvalue weighted by molar-refractivity contribution is -0.135. The molecule has 20 heavy (non-hydrogen) atoms. The van der Waals surface area contributed by atoms with E-state index in [0.717, 1.165) is 0 Å². The van der Waals surface area contributed by atoms with Gasteiger partial charge in [-0.3, -0.25) is 9.69 Å². The molecule has 1 amide bonds. The van der Waals surface area contributed by atoms with Gasteiger partial charge >= 0.3 is 5.97 Å². The van der Waals surface area contributed by atoms with Crippen molar-refractivity contribution in [1.82, 2.24) is 14.4 Å². The highest BCUT2D eigenvalue weighted by atomic mass is 16.4. The largest absolute Gasteiger partial charge is 0.477 e. The maximum absolute atomic E-state index is 12.3. The summed E-state index contributed by atoms with van der Waals surface area (Å²) in [6.07, 6.45) is 1.63. The highest BCUT2D eigenvalue weighted by Gasteiger charge is 2.29. The summed E-state index contributed by atoms with van der Waals surface area (Å²) in [6, 6.07) is 3.77. The molecular formula is C14H21N3O3. The van der Waals surface area contributed by atoms with Crippen LogP contribution in [0.4, 0.5) is 0 Å². The second-order valence-corrected chi connectivity index (χ2v) is 5.49. The van der Waals surface area contributed by atoms with Gasteiger partial charge < -0.3 is 14.6 Å². The van der Waals surface area contributed by atoms with Gasteiger partial charge in [-0.25, -0.2) is 4.79 Å². The van der Waals surface area contributed by atoms with Crippen molar-refractivity contribution >= 4 is 11.9 Å². The van der Waals surface area contributed by atoms with E-state index in [1.807, 2.05) is 4.90 Å². The summed E-state index contributed by atoms with van der Waals surface area (Å²) in [5.41, 5.74) is 0.147. The van der Waals surface area contributed by atoms with Crippen LogP contribution in [0, 0.1) is 0 Å². The van der Waals surface area contributed by atoms with Crippen LogP contribution in [-0.4, -0.2) is 63.6 Å². The number of hydrogen-bond donors (Lipinski definition) is 1. The molecule has 2 atom stereocenters. The van der Waals surface area contributed by atoms with Crippen LogP contribution in [0.15, 0.2) is 18.3 Å². The van der Waals surface area contributed by atoms with Crippen LogP contribution >= 0.6 is 0 Å². The average molecular weight is 279 g/mol. The lowest BCUT2D eigenvalue weighted by Crippen LogP contribution is -2.56. The molecule has 2 rings (SSSR count). The summed E-state index contributed by atoms with van der Waals surface area (Å²) in [6.45, 7) is 5.63. The Bertz CT molecular complexity index is 500. The van der Waals surface area contributed by atoms with Crippen LogP contribution in [0.25, 0.3) is 0 Å². The number of carbonyl (C=O) groups excluding carboxylic acids is 1. The van der Waals surface area contributed by atoms with Crippen LogP contribution in [0.2, 0.25) is 0 Å². The van der Waals surface area contributed by atoms with Crippen LogP contribution in [0.3, 0.4) is 0 Å². The number of carboxylic acid groups (broad SMARTS) is 1. The monoisotopic (exact) mass is 279 g/mol. The first-order valence-electron chi connectivity index (χ1n) is 6.78. The zero-order valence-electron chi connectivity index (χ0n) is 12.1. The number of aromatic nitrogens is 1. The summed E-state index contributed by atoms with van der Waals surface area (Å²) < 4.78 is 1.48. The molecule has 1 aromatic heterocycles. The molecule has 1 N–H and O–H groups in total. The lowest BCUT2D eigenvalue weighted by atomic mass is 10.1. The molecule has 0 saturated carbocycles. The smallest absolute Gasteiger partial charge is 0.352 e. The van der Waals surface area contributed by atoms with Crippen molar-refractivity contribution in [2.24, 2.45) is 0 Å². The molecule has 1 aromatic rings. The number of aromatic carboxylic acids is 1. The van der Waals surface area contributed by atoms with Crippen molar-refractivity contribution in [3.63, 3.8) is 0 Å². The molecule has 0 bridgehead atoms. The fraction of sp³-hybridized carbons (Fsp3) is 0.571. The summed E-state index contributed by atoms with van der Waals surface area (Å²) in [4.78, 5) is 27.4. The summed E-state index contributed by atoms with van der Waals surface area (Å²) in [7, 11) is 2.06. The first-order valence-corrected chi connectivity index (χ1v) is 6.78. The second-order valence-electron chi connectivity index (χ2n) is 5.49. The van der Waals surface area contributed by atoms with Crippen molar-refractivity contribution in [2.45, 2.75) is 32.5 Å². The first kappa shape index (κ1) is 14.6. The third kappa shape index (κ3) is 2.85.